The van der Waals surface area contributed by atoms with Gasteiger partial charge in [0, 0.05) is 17.1 Å². The van der Waals surface area contributed by atoms with Crippen LogP contribution in [0.4, 0.5) is 22.0 Å². The van der Waals surface area contributed by atoms with Gasteiger partial charge in [0.1, 0.15) is 5.52 Å². The van der Waals surface area contributed by atoms with Gasteiger partial charge in [-0.05, 0) is 37.5 Å². The zero-order valence-corrected chi connectivity index (χ0v) is 16.1. The van der Waals surface area contributed by atoms with E-state index in [4.69, 9.17) is 0 Å². The Morgan fingerprint density at radius 3 is 2.52 bits per heavy atom. The lowest BCUT2D eigenvalue weighted by molar-refractivity contribution is -0.149. The highest BCUT2D eigenvalue weighted by Crippen LogP contribution is 2.36. The minimum absolute atomic E-state index is 0.000511. The first-order valence-corrected chi connectivity index (χ1v) is 9.69. The minimum Gasteiger partial charge on any atom is -0.346 e. The third-order valence-corrected chi connectivity index (χ3v) is 5.48. The molecular weight excluding hydrogens is 391 g/mol. The molecule has 3 nitrogen and oxygen atoms in total. The first-order chi connectivity index (χ1) is 13.6. The summed E-state index contributed by atoms with van der Waals surface area (Å²) in [5.74, 6) is -2.78. The zero-order valence-electron chi connectivity index (χ0n) is 16.1. The number of hydrogen-bond donors (Lipinski definition) is 1. The molecule has 1 atom stereocenters. The van der Waals surface area contributed by atoms with Gasteiger partial charge in [0.05, 0.1) is 12.0 Å². The van der Waals surface area contributed by atoms with Crippen molar-refractivity contribution >= 4 is 16.8 Å². The average molecular weight is 414 g/mol. The molecule has 1 unspecified atom stereocenters. The Balaban J connectivity index is 1.83. The lowest BCUT2D eigenvalue weighted by atomic mass is 9.78. The molecule has 1 heterocycles. The number of alkyl halides is 3. The molecule has 29 heavy (non-hydrogen) atoms. The van der Waals surface area contributed by atoms with Crippen LogP contribution in [0, 0.1) is 17.6 Å². The highest BCUT2D eigenvalue weighted by molar-refractivity contribution is 5.97. The Morgan fingerprint density at radius 1 is 1.17 bits per heavy atom. The zero-order chi connectivity index (χ0) is 21.2. The molecule has 1 amide bonds. The van der Waals surface area contributed by atoms with E-state index in [-0.39, 0.29) is 28.8 Å². The molecule has 1 aromatic carbocycles. The Bertz CT molecular complexity index is 893. The van der Waals surface area contributed by atoms with Crippen LogP contribution in [-0.4, -0.2) is 22.6 Å². The molecule has 158 valence electrons. The van der Waals surface area contributed by atoms with Gasteiger partial charge >= 0.3 is 6.18 Å². The molecule has 0 saturated heterocycles. The van der Waals surface area contributed by atoms with Crippen LogP contribution < -0.4 is 5.32 Å². The van der Waals surface area contributed by atoms with Crippen LogP contribution in [0.1, 0.15) is 62.2 Å². The summed E-state index contributed by atoms with van der Waals surface area (Å²) < 4.78 is 66.7. The predicted octanol–water partition coefficient (Wildman–Crippen LogP) is 5.92. The number of amides is 1. The van der Waals surface area contributed by atoms with Gasteiger partial charge in [-0.3, -0.25) is 9.78 Å². The number of nitrogens with one attached hydrogen (secondary N) is 1. The predicted molar refractivity (Wildman–Crippen MR) is 99.4 cm³/mol. The molecule has 1 N–H and O–H groups in total. The summed E-state index contributed by atoms with van der Waals surface area (Å²) in [5.41, 5.74) is -1.69. The van der Waals surface area contributed by atoms with E-state index in [1.807, 2.05) is 0 Å². The van der Waals surface area contributed by atoms with Gasteiger partial charge < -0.3 is 5.32 Å². The third-order valence-electron chi connectivity index (χ3n) is 5.48. The van der Waals surface area contributed by atoms with Crippen molar-refractivity contribution in [3.8, 4) is 0 Å². The number of carbonyl (C=O) groups is 1. The molecule has 3 rings (SSSR count). The number of fused-ring (bicyclic) bond motifs is 1. The molecule has 0 radical (unpaired) electrons. The lowest BCUT2D eigenvalue weighted by Crippen LogP contribution is -2.50. The van der Waals surface area contributed by atoms with Crippen LogP contribution in [0.3, 0.4) is 0 Å². The third kappa shape index (κ3) is 5.42. The van der Waals surface area contributed by atoms with Crippen molar-refractivity contribution in [2.24, 2.45) is 5.92 Å². The van der Waals surface area contributed by atoms with Gasteiger partial charge in [0.25, 0.3) is 5.91 Å². The van der Waals surface area contributed by atoms with Gasteiger partial charge in [-0.2, -0.15) is 13.2 Å². The Hall–Kier alpha value is -2.25. The molecule has 0 aliphatic heterocycles. The Morgan fingerprint density at radius 2 is 1.86 bits per heavy atom. The number of nitrogens with zero attached hydrogens (tertiary/aromatic N) is 1. The van der Waals surface area contributed by atoms with Gasteiger partial charge in [-0.25, -0.2) is 8.78 Å². The van der Waals surface area contributed by atoms with Gasteiger partial charge in [0.2, 0.25) is 0 Å². The fourth-order valence-corrected chi connectivity index (χ4v) is 4.25. The summed E-state index contributed by atoms with van der Waals surface area (Å²) in [4.78, 5) is 16.5. The number of benzene rings is 1. The molecular formula is C21H23F5N2O. The molecule has 0 spiro atoms. The number of rotatable bonds is 5. The van der Waals surface area contributed by atoms with Crippen molar-refractivity contribution in [1.82, 2.24) is 10.3 Å². The highest BCUT2D eigenvalue weighted by atomic mass is 19.4. The van der Waals surface area contributed by atoms with E-state index >= 15 is 0 Å². The SMILES string of the molecule is CC(CC1CCCCC1)(CC(F)(F)F)NC(=O)c1cnc2c(F)c(F)ccc2c1. The summed E-state index contributed by atoms with van der Waals surface area (Å²) >= 11 is 0. The van der Waals surface area contributed by atoms with E-state index in [0.29, 0.717) is 0 Å². The molecule has 1 aliphatic rings. The molecule has 8 heteroatoms. The monoisotopic (exact) mass is 414 g/mol. The van der Waals surface area contributed by atoms with Crippen molar-refractivity contribution < 1.29 is 26.7 Å². The van der Waals surface area contributed by atoms with Crippen molar-refractivity contribution in [2.45, 2.75) is 63.6 Å². The molecule has 0 bridgehead atoms. The van der Waals surface area contributed by atoms with Crippen LogP contribution in [0.5, 0.6) is 0 Å². The second kappa shape index (κ2) is 8.24. The first-order valence-electron chi connectivity index (χ1n) is 9.69. The molecule has 1 saturated carbocycles. The fraction of sp³-hybridized carbons (Fsp3) is 0.524. The largest absolute Gasteiger partial charge is 0.391 e. The van der Waals surface area contributed by atoms with Gasteiger partial charge in [-0.1, -0.05) is 32.1 Å². The van der Waals surface area contributed by atoms with Gasteiger partial charge in [0.15, 0.2) is 11.6 Å². The van der Waals surface area contributed by atoms with E-state index in [1.54, 1.807) is 0 Å². The second-order valence-electron chi connectivity index (χ2n) is 8.17. The highest BCUT2D eigenvalue weighted by Gasteiger charge is 2.41. The van der Waals surface area contributed by atoms with Crippen molar-refractivity contribution in [3.05, 3.63) is 41.6 Å². The van der Waals surface area contributed by atoms with Crippen LogP contribution in [-0.2, 0) is 0 Å². The number of carbonyl (C=O) groups excluding carboxylic acids is 1. The summed E-state index contributed by atoms with van der Waals surface area (Å²) in [6.45, 7) is 1.41. The van der Waals surface area contributed by atoms with Crippen LogP contribution in [0.2, 0.25) is 0 Å². The quantitative estimate of drug-likeness (QED) is 0.617. The topological polar surface area (TPSA) is 42.0 Å². The minimum atomic E-state index is -4.43. The van der Waals surface area contributed by atoms with Crippen molar-refractivity contribution in [2.75, 3.05) is 0 Å². The number of aromatic nitrogens is 1. The lowest BCUT2D eigenvalue weighted by Gasteiger charge is -2.36. The maximum Gasteiger partial charge on any atom is 0.391 e. The van der Waals surface area contributed by atoms with Crippen LogP contribution in [0.15, 0.2) is 24.4 Å². The van der Waals surface area contributed by atoms with E-state index in [0.717, 1.165) is 44.4 Å². The van der Waals surface area contributed by atoms with Crippen LogP contribution >= 0.6 is 0 Å². The maximum absolute atomic E-state index is 13.8. The molecule has 1 aliphatic carbocycles. The Kier molecular flexibility index (Phi) is 6.10. The summed E-state index contributed by atoms with van der Waals surface area (Å²) in [7, 11) is 0. The van der Waals surface area contributed by atoms with Crippen molar-refractivity contribution in [1.29, 1.82) is 0 Å². The summed E-state index contributed by atoms with van der Waals surface area (Å²) in [5, 5.41) is 2.73. The first kappa shape index (κ1) is 21.5. The smallest absolute Gasteiger partial charge is 0.346 e. The van der Waals surface area contributed by atoms with Crippen LogP contribution in [0.25, 0.3) is 10.9 Å². The molecule has 1 fully saturated rings. The molecule has 1 aromatic heterocycles. The number of halogens is 5. The van der Waals surface area contributed by atoms with E-state index < -0.39 is 35.7 Å². The Labute approximate surface area is 165 Å². The summed E-state index contributed by atoms with van der Waals surface area (Å²) in [6, 6.07) is 3.49. The maximum atomic E-state index is 13.8. The van der Waals surface area contributed by atoms with Gasteiger partial charge in [-0.15, -0.1) is 0 Å². The molecule has 2 aromatic rings. The normalized spacial score (nSPS) is 17.9. The average Bonchev–Trinajstić information content (AvgIpc) is 2.63. The fourth-order valence-electron chi connectivity index (χ4n) is 4.25. The van der Waals surface area contributed by atoms with E-state index in [2.05, 4.69) is 10.3 Å². The summed E-state index contributed by atoms with van der Waals surface area (Å²) in [6.07, 6.45) is 0.473. The second-order valence-corrected chi connectivity index (χ2v) is 8.17. The standard InChI is InChI=1S/C21H23F5N2O/c1-20(12-21(24,25)26,10-13-5-3-2-4-6-13)28-19(29)15-9-14-7-8-16(22)17(23)18(14)27-11-15/h7-9,11,13H,2-6,10,12H2,1H3,(H,28,29). The van der Waals surface area contributed by atoms with E-state index in [1.165, 1.54) is 19.1 Å². The number of pyridine rings is 1. The van der Waals surface area contributed by atoms with E-state index in [9.17, 15) is 26.7 Å². The number of hydrogen-bond acceptors (Lipinski definition) is 2. The van der Waals surface area contributed by atoms with Crippen molar-refractivity contribution in [3.63, 3.8) is 0 Å².